The molecule has 2 N–H and O–H groups in total. The maximum atomic E-state index is 12.3. The van der Waals surface area contributed by atoms with Crippen molar-refractivity contribution >= 4 is 28.3 Å². The van der Waals surface area contributed by atoms with Gasteiger partial charge in [0.15, 0.2) is 5.13 Å². The van der Waals surface area contributed by atoms with E-state index in [1.807, 2.05) is 26.2 Å². The Kier molecular flexibility index (Phi) is 5.86. The quantitative estimate of drug-likeness (QED) is 0.843. The lowest BCUT2D eigenvalue weighted by molar-refractivity contribution is -0.131. The predicted octanol–water partition coefficient (Wildman–Crippen LogP) is 4.22. The van der Waals surface area contributed by atoms with Crippen LogP contribution in [-0.4, -0.2) is 22.8 Å². The molecule has 0 bridgehead atoms. The number of aryl methyl sites for hydroxylation is 3. The molecule has 2 amide bonds. The van der Waals surface area contributed by atoms with Crippen LogP contribution in [0.5, 0.6) is 0 Å². The lowest BCUT2D eigenvalue weighted by Crippen LogP contribution is -2.46. The molecule has 2 aromatic rings. The lowest BCUT2D eigenvalue weighted by atomic mass is 9.95. The fourth-order valence-corrected chi connectivity index (χ4v) is 3.10. The van der Waals surface area contributed by atoms with E-state index in [-0.39, 0.29) is 11.8 Å². The molecule has 0 spiro atoms. The summed E-state index contributed by atoms with van der Waals surface area (Å²) in [4.78, 5) is 28.9. The molecule has 1 aromatic heterocycles. The summed E-state index contributed by atoms with van der Waals surface area (Å²) in [5.74, 6) is -0.439. The average molecular weight is 374 g/mol. The Hall–Kier alpha value is -2.21. The standard InChI is InChI=1S/C20H27N3O2S/c1-11-8-13(3)15(9-12(11)2)16-10-26-19(22-16)23-17(24)14(4)21-18(25)20(5,6)7/h8-10,14H,1-7H3,(H,21,25)(H,22,23,24). The van der Waals surface area contributed by atoms with Gasteiger partial charge in [0, 0.05) is 16.4 Å². The van der Waals surface area contributed by atoms with E-state index in [1.165, 1.54) is 22.5 Å². The van der Waals surface area contributed by atoms with Crippen molar-refractivity contribution in [1.82, 2.24) is 10.3 Å². The van der Waals surface area contributed by atoms with E-state index in [2.05, 4.69) is 48.5 Å². The van der Waals surface area contributed by atoms with Gasteiger partial charge in [-0.1, -0.05) is 26.8 Å². The van der Waals surface area contributed by atoms with Crippen LogP contribution in [0.3, 0.4) is 0 Å². The Morgan fingerprint density at radius 1 is 1.08 bits per heavy atom. The molecule has 5 nitrogen and oxygen atoms in total. The first-order valence-corrected chi connectivity index (χ1v) is 9.52. The number of anilines is 1. The van der Waals surface area contributed by atoms with Crippen molar-refractivity contribution in [1.29, 1.82) is 0 Å². The number of carbonyl (C=O) groups is 2. The van der Waals surface area contributed by atoms with Gasteiger partial charge in [-0.05, 0) is 50.5 Å². The number of aromatic nitrogens is 1. The van der Waals surface area contributed by atoms with Gasteiger partial charge in [0.05, 0.1) is 5.69 Å². The van der Waals surface area contributed by atoms with Crippen molar-refractivity contribution in [3.63, 3.8) is 0 Å². The Labute approximate surface area is 159 Å². The highest BCUT2D eigenvalue weighted by atomic mass is 32.1. The number of hydrogen-bond donors (Lipinski definition) is 2. The summed E-state index contributed by atoms with van der Waals surface area (Å²) in [6.45, 7) is 13.3. The Bertz CT molecular complexity index is 834. The topological polar surface area (TPSA) is 71.1 Å². The predicted molar refractivity (Wildman–Crippen MR) is 107 cm³/mol. The van der Waals surface area contributed by atoms with Gasteiger partial charge in [-0.2, -0.15) is 0 Å². The van der Waals surface area contributed by atoms with Crippen molar-refractivity contribution in [2.24, 2.45) is 5.41 Å². The van der Waals surface area contributed by atoms with E-state index in [0.29, 0.717) is 5.13 Å². The van der Waals surface area contributed by atoms with Gasteiger partial charge in [0.25, 0.3) is 0 Å². The fraction of sp³-hybridized carbons (Fsp3) is 0.450. The average Bonchev–Trinajstić information content (AvgIpc) is 2.98. The summed E-state index contributed by atoms with van der Waals surface area (Å²) in [6, 6.07) is 3.64. The molecule has 140 valence electrons. The van der Waals surface area contributed by atoms with E-state index in [9.17, 15) is 9.59 Å². The fourth-order valence-electron chi connectivity index (χ4n) is 2.38. The van der Waals surface area contributed by atoms with Crippen LogP contribution in [0.25, 0.3) is 11.3 Å². The smallest absolute Gasteiger partial charge is 0.248 e. The van der Waals surface area contributed by atoms with Gasteiger partial charge >= 0.3 is 0 Å². The molecule has 0 aliphatic rings. The minimum atomic E-state index is -0.627. The summed E-state index contributed by atoms with van der Waals surface area (Å²) < 4.78 is 0. The minimum Gasteiger partial charge on any atom is -0.344 e. The molecule has 0 saturated carbocycles. The molecule has 0 fully saturated rings. The molecule has 26 heavy (non-hydrogen) atoms. The van der Waals surface area contributed by atoms with Gasteiger partial charge in [-0.3, -0.25) is 9.59 Å². The van der Waals surface area contributed by atoms with Crippen LogP contribution >= 0.6 is 11.3 Å². The summed E-state index contributed by atoms with van der Waals surface area (Å²) in [5.41, 5.74) is 4.99. The summed E-state index contributed by atoms with van der Waals surface area (Å²) in [7, 11) is 0. The highest BCUT2D eigenvalue weighted by molar-refractivity contribution is 7.14. The zero-order valence-electron chi connectivity index (χ0n) is 16.5. The number of rotatable bonds is 4. The molecule has 2 rings (SSSR count). The Morgan fingerprint density at radius 3 is 2.31 bits per heavy atom. The number of thiazole rings is 1. The van der Waals surface area contributed by atoms with Gasteiger partial charge in [-0.25, -0.2) is 4.98 Å². The van der Waals surface area contributed by atoms with E-state index in [4.69, 9.17) is 0 Å². The number of benzene rings is 1. The Morgan fingerprint density at radius 2 is 1.69 bits per heavy atom. The van der Waals surface area contributed by atoms with Crippen LogP contribution in [0.15, 0.2) is 17.5 Å². The number of nitrogens with one attached hydrogen (secondary N) is 2. The highest BCUT2D eigenvalue weighted by Crippen LogP contribution is 2.29. The van der Waals surface area contributed by atoms with Gasteiger partial charge in [-0.15, -0.1) is 11.3 Å². The zero-order chi connectivity index (χ0) is 19.6. The van der Waals surface area contributed by atoms with E-state index in [0.717, 1.165) is 16.8 Å². The SMILES string of the molecule is Cc1cc(C)c(-c2csc(NC(=O)C(C)NC(=O)C(C)(C)C)n2)cc1C. The second-order valence-corrected chi connectivity index (χ2v) is 8.58. The number of amides is 2. The van der Waals surface area contributed by atoms with Crippen molar-refractivity contribution in [2.75, 3.05) is 5.32 Å². The lowest BCUT2D eigenvalue weighted by Gasteiger charge is -2.21. The molecule has 1 atom stereocenters. The number of carbonyl (C=O) groups excluding carboxylic acids is 2. The zero-order valence-corrected chi connectivity index (χ0v) is 17.3. The molecule has 6 heteroatoms. The third kappa shape index (κ3) is 4.69. The van der Waals surface area contributed by atoms with Gasteiger partial charge in [0.2, 0.25) is 11.8 Å². The third-order valence-corrected chi connectivity index (χ3v) is 5.03. The van der Waals surface area contributed by atoms with Crippen LogP contribution in [-0.2, 0) is 9.59 Å². The molecule has 0 saturated heterocycles. The van der Waals surface area contributed by atoms with Crippen LogP contribution in [0.2, 0.25) is 0 Å². The van der Waals surface area contributed by atoms with E-state index >= 15 is 0 Å². The highest BCUT2D eigenvalue weighted by Gasteiger charge is 2.25. The first-order valence-electron chi connectivity index (χ1n) is 8.64. The van der Waals surface area contributed by atoms with Gasteiger partial charge < -0.3 is 10.6 Å². The maximum absolute atomic E-state index is 12.3. The monoisotopic (exact) mass is 373 g/mol. The second kappa shape index (κ2) is 7.58. The molecule has 1 unspecified atom stereocenters. The summed E-state index contributed by atoms with van der Waals surface area (Å²) in [6.07, 6.45) is 0. The van der Waals surface area contributed by atoms with Crippen LogP contribution in [0.1, 0.15) is 44.4 Å². The molecule has 0 radical (unpaired) electrons. The molecular formula is C20H27N3O2S. The van der Waals surface area contributed by atoms with Crippen LogP contribution in [0.4, 0.5) is 5.13 Å². The summed E-state index contributed by atoms with van der Waals surface area (Å²) in [5, 5.41) is 7.98. The van der Waals surface area contributed by atoms with Crippen LogP contribution < -0.4 is 10.6 Å². The van der Waals surface area contributed by atoms with Crippen LogP contribution in [0, 0.1) is 26.2 Å². The molecule has 1 heterocycles. The van der Waals surface area contributed by atoms with Crippen molar-refractivity contribution in [2.45, 2.75) is 54.5 Å². The van der Waals surface area contributed by atoms with E-state index in [1.54, 1.807) is 6.92 Å². The maximum Gasteiger partial charge on any atom is 0.248 e. The first-order chi connectivity index (χ1) is 12.0. The number of nitrogens with zero attached hydrogens (tertiary/aromatic N) is 1. The molecule has 1 aromatic carbocycles. The Balaban J connectivity index is 2.10. The largest absolute Gasteiger partial charge is 0.344 e. The molecule has 0 aliphatic heterocycles. The van der Waals surface area contributed by atoms with Crippen molar-refractivity contribution in [3.8, 4) is 11.3 Å². The molecular weight excluding hydrogens is 346 g/mol. The normalized spacial score (nSPS) is 12.6. The summed E-state index contributed by atoms with van der Waals surface area (Å²) >= 11 is 1.38. The first kappa shape index (κ1) is 20.1. The number of hydrogen-bond acceptors (Lipinski definition) is 4. The van der Waals surface area contributed by atoms with E-state index < -0.39 is 11.5 Å². The third-order valence-electron chi connectivity index (χ3n) is 4.27. The van der Waals surface area contributed by atoms with Crippen molar-refractivity contribution in [3.05, 3.63) is 34.2 Å². The second-order valence-electron chi connectivity index (χ2n) is 7.72. The van der Waals surface area contributed by atoms with Gasteiger partial charge in [0.1, 0.15) is 6.04 Å². The van der Waals surface area contributed by atoms with Crippen molar-refractivity contribution < 1.29 is 9.59 Å². The minimum absolute atomic E-state index is 0.161. The molecule has 0 aliphatic carbocycles.